The summed E-state index contributed by atoms with van der Waals surface area (Å²) in [5, 5.41) is 60.8. The highest BCUT2D eigenvalue weighted by atomic mass is 19.4. The van der Waals surface area contributed by atoms with Crippen LogP contribution >= 0.6 is 0 Å². The maximum Gasteiger partial charge on any atom is 0.460 e. The molecular formula is C34H24F18N8. The zero-order valence-corrected chi connectivity index (χ0v) is 29.7. The molecule has 0 radical (unpaired) electrons. The van der Waals surface area contributed by atoms with Crippen molar-refractivity contribution in [3.8, 4) is 36.4 Å². The molecule has 326 valence electrons. The number of hydrogen-bond acceptors (Lipinski definition) is 8. The Balaban J connectivity index is 2.27. The molecule has 0 aliphatic heterocycles. The second-order valence-electron chi connectivity index (χ2n) is 13.1. The van der Waals surface area contributed by atoms with Crippen molar-refractivity contribution in [3.05, 3.63) is 44.8 Å². The van der Waals surface area contributed by atoms with Crippen LogP contribution in [0.1, 0.15) is 51.4 Å². The van der Waals surface area contributed by atoms with Crippen LogP contribution in [-0.4, -0.2) is 61.0 Å². The molecular weight excluding hydrogens is 862 g/mol. The molecule has 0 aromatic carbocycles. The second kappa shape index (κ2) is 17.8. The van der Waals surface area contributed by atoms with E-state index in [1.807, 2.05) is 0 Å². The highest BCUT2D eigenvalue weighted by molar-refractivity contribution is 5.58. The van der Waals surface area contributed by atoms with Crippen molar-refractivity contribution in [2.45, 2.75) is 99.3 Å². The maximum absolute atomic E-state index is 15.0. The summed E-state index contributed by atoms with van der Waals surface area (Å²) >= 11 is 0. The molecule has 60 heavy (non-hydrogen) atoms. The van der Waals surface area contributed by atoms with Crippen LogP contribution in [0.4, 0.5) is 79.0 Å². The molecule has 2 aliphatic carbocycles. The van der Waals surface area contributed by atoms with Crippen molar-refractivity contribution in [2.24, 2.45) is 11.8 Å². The van der Waals surface area contributed by atoms with E-state index in [2.05, 4.69) is 10.6 Å². The fraction of sp³-hybridized carbons (Fsp3) is 0.588. The summed E-state index contributed by atoms with van der Waals surface area (Å²) < 4.78 is 248. The lowest BCUT2D eigenvalue weighted by Crippen LogP contribution is -2.63. The minimum atomic E-state index is -7.27. The highest BCUT2D eigenvalue weighted by Crippen LogP contribution is 2.59. The average molecular weight is 887 g/mol. The third kappa shape index (κ3) is 9.03. The number of rotatable bonds is 15. The number of halogens is 18. The predicted octanol–water partition coefficient (Wildman–Crippen LogP) is 9.73. The number of nitrogens with one attached hydrogen (secondary N) is 2. The first kappa shape index (κ1) is 50.4. The molecule has 26 heteroatoms. The van der Waals surface area contributed by atoms with Gasteiger partial charge in [-0.2, -0.15) is 111 Å². The second-order valence-corrected chi connectivity index (χ2v) is 13.1. The minimum absolute atomic E-state index is 0.0470. The topological polar surface area (TPSA) is 167 Å². The van der Waals surface area contributed by atoms with Crippen LogP contribution in [0.3, 0.4) is 0 Å². The van der Waals surface area contributed by atoms with Crippen LogP contribution in [0.15, 0.2) is 44.8 Å². The van der Waals surface area contributed by atoms with E-state index < -0.39 is 130 Å². The summed E-state index contributed by atoms with van der Waals surface area (Å²) in [6, 6.07) is 7.59. The number of nitrogens with zero attached hydrogens (tertiary/aromatic N) is 6. The molecule has 0 saturated carbocycles. The van der Waals surface area contributed by atoms with Gasteiger partial charge in [0.2, 0.25) is 0 Å². The van der Waals surface area contributed by atoms with Gasteiger partial charge in [-0.05, 0) is 38.5 Å². The first-order valence-electron chi connectivity index (χ1n) is 16.6. The van der Waals surface area contributed by atoms with E-state index >= 15 is 0 Å². The Morgan fingerprint density at radius 2 is 0.717 bits per heavy atom. The molecule has 2 N–H and O–H groups in total. The average Bonchev–Trinajstić information content (AvgIpc) is 3.15. The van der Waals surface area contributed by atoms with Gasteiger partial charge in [-0.3, -0.25) is 0 Å². The molecule has 0 aromatic heterocycles. The largest absolute Gasteiger partial charge is 0.460 e. The van der Waals surface area contributed by atoms with Gasteiger partial charge in [-0.1, -0.05) is 12.8 Å². The van der Waals surface area contributed by atoms with Crippen LogP contribution in [-0.2, 0) is 0 Å². The van der Waals surface area contributed by atoms with E-state index in [9.17, 15) is 111 Å². The van der Waals surface area contributed by atoms with Crippen molar-refractivity contribution >= 4 is 0 Å². The molecule has 2 rings (SSSR count). The Hall–Kier alpha value is -5.76. The number of allylic oxidation sites excluding steroid dienone is 8. The zero-order valence-electron chi connectivity index (χ0n) is 29.7. The Kier molecular flexibility index (Phi) is 15.0. The number of nitriles is 6. The Morgan fingerprint density at radius 3 is 0.950 bits per heavy atom. The summed E-state index contributed by atoms with van der Waals surface area (Å²) in [6.07, 6.45) is -20.4. The SMILES string of the molecule is N#CC(C#N)=C1CC(C(F)(F)C(F)(F)C(F)(F)C(F)(F)F)CC(NCCCCCCNC2=C(C#N)C(=C(C#N)C#N)CC(C(F)(F)C(F)(F)C(F)(F)C(F)(F)F)C2)=C1C#N. The van der Waals surface area contributed by atoms with Gasteiger partial charge in [0.1, 0.15) is 47.6 Å². The van der Waals surface area contributed by atoms with E-state index in [-0.39, 0.29) is 38.8 Å². The van der Waals surface area contributed by atoms with Crippen molar-refractivity contribution in [3.63, 3.8) is 0 Å². The van der Waals surface area contributed by atoms with Gasteiger partial charge in [0.15, 0.2) is 0 Å². The Morgan fingerprint density at radius 1 is 0.433 bits per heavy atom. The molecule has 2 atom stereocenters. The van der Waals surface area contributed by atoms with Gasteiger partial charge in [0.05, 0.1) is 11.1 Å². The van der Waals surface area contributed by atoms with Crippen LogP contribution in [0.5, 0.6) is 0 Å². The Labute approximate surface area is 326 Å². The summed E-state index contributed by atoms with van der Waals surface area (Å²) in [5.74, 6) is -47.3. The zero-order chi connectivity index (χ0) is 46.5. The predicted molar refractivity (Wildman–Crippen MR) is 163 cm³/mol. The quantitative estimate of drug-likeness (QED) is 0.0932. The van der Waals surface area contributed by atoms with Gasteiger partial charge >= 0.3 is 47.9 Å². The fourth-order valence-electron chi connectivity index (χ4n) is 6.15. The van der Waals surface area contributed by atoms with Gasteiger partial charge in [0.25, 0.3) is 0 Å². The Bertz CT molecular complexity index is 1870. The molecule has 8 nitrogen and oxygen atoms in total. The first-order chi connectivity index (χ1) is 27.4. The molecule has 0 heterocycles. The van der Waals surface area contributed by atoms with Crippen LogP contribution in [0.25, 0.3) is 0 Å². The molecule has 2 unspecified atom stereocenters. The minimum Gasteiger partial charge on any atom is -0.387 e. The van der Waals surface area contributed by atoms with E-state index in [0.29, 0.717) is 0 Å². The highest BCUT2D eigenvalue weighted by Gasteiger charge is 2.84. The third-order valence-electron chi connectivity index (χ3n) is 9.43. The van der Waals surface area contributed by atoms with E-state index in [0.717, 1.165) is 0 Å². The van der Waals surface area contributed by atoms with Crippen LogP contribution < -0.4 is 10.6 Å². The molecule has 0 spiro atoms. The van der Waals surface area contributed by atoms with Crippen LogP contribution in [0, 0.1) is 79.8 Å². The number of hydrogen-bond donors (Lipinski definition) is 2. The van der Waals surface area contributed by atoms with Gasteiger partial charge in [0, 0.05) is 47.5 Å². The van der Waals surface area contributed by atoms with Crippen molar-refractivity contribution in [1.29, 1.82) is 31.6 Å². The van der Waals surface area contributed by atoms with Crippen molar-refractivity contribution < 1.29 is 79.0 Å². The molecule has 0 saturated heterocycles. The smallest absolute Gasteiger partial charge is 0.387 e. The maximum atomic E-state index is 15.0. The summed E-state index contributed by atoms with van der Waals surface area (Å²) in [5.41, 5.74) is -7.15. The summed E-state index contributed by atoms with van der Waals surface area (Å²) in [7, 11) is 0. The van der Waals surface area contributed by atoms with Gasteiger partial charge in [-0.15, -0.1) is 0 Å². The molecule has 2 aliphatic rings. The van der Waals surface area contributed by atoms with Crippen molar-refractivity contribution in [1.82, 2.24) is 10.6 Å². The van der Waals surface area contributed by atoms with Crippen LogP contribution in [0.2, 0.25) is 0 Å². The van der Waals surface area contributed by atoms with E-state index in [1.54, 1.807) is 0 Å². The standard InChI is InChI=1S/C34H24F18N8/c35-27(36,29(39,40)31(43,44)33(47,48)49)19-7-21(17(11-53)12-54)23(15-57)25(9-19)59-5-3-1-2-4-6-60-26-10-20(8-22(24(26)16-58)18(13-55)14-56)28(37,38)30(41,42)32(45,46)34(50,51)52/h19-20,59-60H,1-10H2. The lowest BCUT2D eigenvalue weighted by Gasteiger charge is -2.40. The van der Waals surface area contributed by atoms with Crippen molar-refractivity contribution in [2.75, 3.05) is 13.1 Å². The van der Waals surface area contributed by atoms with Gasteiger partial charge < -0.3 is 10.6 Å². The van der Waals surface area contributed by atoms with E-state index in [1.165, 1.54) is 36.4 Å². The molecule has 0 fully saturated rings. The number of unbranched alkanes of at least 4 members (excludes halogenated alkanes) is 3. The summed E-state index contributed by atoms with van der Waals surface area (Å²) in [4.78, 5) is 0. The molecule has 0 aromatic rings. The number of alkyl halides is 18. The monoisotopic (exact) mass is 886 g/mol. The third-order valence-corrected chi connectivity index (χ3v) is 9.43. The first-order valence-corrected chi connectivity index (χ1v) is 16.6. The molecule has 0 bridgehead atoms. The lowest BCUT2D eigenvalue weighted by atomic mass is 9.76. The molecule has 0 amide bonds. The summed E-state index contributed by atoms with van der Waals surface area (Å²) in [6.45, 7) is -0.779. The normalized spacial score (nSPS) is 18.7. The van der Waals surface area contributed by atoms with E-state index in [4.69, 9.17) is 0 Å². The fourth-order valence-corrected chi connectivity index (χ4v) is 6.15. The van der Waals surface area contributed by atoms with Gasteiger partial charge in [-0.25, -0.2) is 0 Å². The lowest BCUT2D eigenvalue weighted by molar-refractivity contribution is -0.403.